The minimum Gasteiger partial charge on any atom is -0.394 e. The van der Waals surface area contributed by atoms with E-state index in [4.69, 9.17) is 9.84 Å². The number of aliphatic hydroxyl groups excluding tert-OH is 3. The van der Waals surface area contributed by atoms with E-state index in [-0.39, 0.29) is 4.47 Å². The van der Waals surface area contributed by atoms with Gasteiger partial charge >= 0.3 is 5.69 Å². The fraction of sp³-hybridized carbons (Fsp3) is 0.556. The number of rotatable bonds is 2. The Bertz CT molecular complexity index is 603. The molecule has 1 aliphatic heterocycles. The van der Waals surface area contributed by atoms with Crippen molar-refractivity contribution in [2.75, 3.05) is 6.61 Å². The minimum absolute atomic E-state index is 0.0703. The van der Waals surface area contributed by atoms with Crippen molar-refractivity contribution >= 4 is 38.5 Å². The Morgan fingerprint density at radius 1 is 1.53 bits per heavy atom. The van der Waals surface area contributed by atoms with E-state index >= 15 is 0 Å². The molecule has 19 heavy (non-hydrogen) atoms. The highest BCUT2D eigenvalue weighted by Gasteiger charge is 2.54. The van der Waals surface area contributed by atoms with E-state index in [1.165, 1.54) is 0 Å². The van der Waals surface area contributed by atoms with E-state index < -0.39 is 39.9 Å². The van der Waals surface area contributed by atoms with E-state index in [1.807, 2.05) is 4.98 Å². The second kappa shape index (κ2) is 5.26. The third-order valence-corrected chi connectivity index (χ3v) is 4.77. The van der Waals surface area contributed by atoms with Crippen LogP contribution in [0.3, 0.4) is 0 Å². The van der Waals surface area contributed by atoms with Crippen molar-refractivity contribution in [3.63, 3.8) is 0 Å². The molecule has 0 amide bonds. The lowest BCUT2D eigenvalue weighted by atomic mass is 10.1. The molecule has 0 aromatic carbocycles. The first-order valence-corrected chi connectivity index (χ1v) is 7.04. The Balaban J connectivity index is 2.55. The third-order valence-electron chi connectivity index (χ3n) is 2.79. The van der Waals surface area contributed by atoms with Crippen molar-refractivity contribution in [2.24, 2.45) is 0 Å². The molecule has 0 aliphatic carbocycles. The molecule has 10 heteroatoms. The smallest absolute Gasteiger partial charge is 0.331 e. The summed E-state index contributed by atoms with van der Waals surface area (Å²) in [5.41, 5.74) is -1.42. The standard InChI is InChI=1S/C9H10BrIN2O6/c10-3-1-13(8(18)12-7(3)17)9(11)6(16)5(15)4(2-14)19-9/h1,4-6,14-16H,2H2,(H,12,17,18)/t4-,5-,6-,9+/m1/s1. The van der Waals surface area contributed by atoms with Gasteiger partial charge in [0.05, 0.1) is 11.1 Å². The average molecular weight is 449 g/mol. The molecule has 0 radical (unpaired) electrons. The number of nitrogens with one attached hydrogen (secondary N) is 1. The van der Waals surface area contributed by atoms with Crippen molar-refractivity contribution < 1.29 is 20.1 Å². The van der Waals surface area contributed by atoms with Gasteiger partial charge in [-0.05, 0) is 38.5 Å². The first kappa shape index (κ1) is 15.1. The van der Waals surface area contributed by atoms with Gasteiger partial charge < -0.3 is 20.1 Å². The minimum atomic E-state index is -1.62. The number of aromatic nitrogens is 2. The molecule has 4 N–H and O–H groups in total. The summed E-state index contributed by atoms with van der Waals surface area (Å²) in [6.45, 7) is -0.512. The number of hydrogen-bond donors (Lipinski definition) is 4. The third kappa shape index (κ3) is 2.40. The predicted molar refractivity (Wildman–Crippen MR) is 75.0 cm³/mol. The number of hydrogen-bond acceptors (Lipinski definition) is 6. The summed E-state index contributed by atoms with van der Waals surface area (Å²) in [4.78, 5) is 25.1. The predicted octanol–water partition coefficient (Wildman–Crippen LogP) is -1.54. The van der Waals surface area contributed by atoms with Gasteiger partial charge in [-0.3, -0.25) is 14.3 Å². The largest absolute Gasteiger partial charge is 0.394 e. The summed E-state index contributed by atoms with van der Waals surface area (Å²) in [5, 5.41) is 28.8. The van der Waals surface area contributed by atoms with E-state index in [0.717, 1.165) is 10.8 Å². The first-order valence-electron chi connectivity index (χ1n) is 5.17. The van der Waals surface area contributed by atoms with Crippen molar-refractivity contribution in [3.05, 3.63) is 31.5 Å². The Hall–Kier alpha value is -0.270. The number of aromatic amines is 1. The molecule has 1 fully saturated rings. The molecular formula is C9H10BrIN2O6. The Kier molecular flexibility index (Phi) is 4.18. The Labute approximate surface area is 128 Å². The van der Waals surface area contributed by atoms with Crippen LogP contribution in [0.5, 0.6) is 0 Å². The van der Waals surface area contributed by atoms with Crippen LogP contribution in [0.4, 0.5) is 0 Å². The van der Waals surface area contributed by atoms with E-state index in [9.17, 15) is 19.8 Å². The van der Waals surface area contributed by atoms with Crippen LogP contribution in [0.2, 0.25) is 0 Å². The highest BCUT2D eigenvalue weighted by Crippen LogP contribution is 2.40. The van der Waals surface area contributed by atoms with Crippen LogP contribution in [-0.2, 0) is 8.47 Å². The SMILES string of the molecule is O=c1[nH]c(=O)n([C@]2(I)O[C@H](CO)[C@@H](O)[C@H]2O)cc1Br. The van der Waals surface area contributed by atoms with Crippen LogP contribution in [0, 0.1) is 0 Å². The highest BCUT2D eigenvalue weighted by atomic mass is 127. The van der Waals surface area contributed by atoms with E-state index in [2.05, 4.69) is 15.9 Å². The molecule has 1 aromatic heterocycles. The maximum Gasteiger partial charge on any atom is 0.331 e. The quantitative estimate of drug-likeness (QED) is 0.321. The first-order chi connectivity index (χ1) is 8.81. The highest BCUT2D eigenvalue weighted by molar-refractivity contribution is 14.1. The molecule has 0 unspecified atom stereocenters. The monoisotopic (exact) mass is 448 g/mol. The van der Waals surface area contributed by atoms with E-state index in [0.29, 0.717) is 0 Å². The number of halogens is 2. The molecule has 2 heterocycles. The van der Waals surface area contributed by atoms with Gasteiger partial charge in [0.2, 0.25) is 3.73 Å². The number of H-pyrrole nitrogens is 1. The molecule has 0 bridgehead atoms. The molecule has 0 spiro atoms. The van der Waals surface area contributed by atoms with Crippen LogP contribution >= 0.6 is 38.5 Å². The lowest BCUT2D eigenvalue weighted by molar-refractivity contribution is -0.0689. The summed E-state index contributed by atoms with van der Waals surface area (Å²) < 4.78 is 4.74. The van der Waals surface area contributed by atoms with Gasteiger partial charge in [0.15, 0.2) is 0 Å². The molecule has 1 aliphatic rings. The van der Waals surface area contributed by atoms with E-state index in [1.54, 1.807) is 22.6 Å². The van der Waals surface area contributed by atoms with Crippen molar-refractivity contribution in [1.82, 2.24) is 9.55 Å². The van der Waals surface area contributed by atoms with Crippen LogP contribution in [-0.4, -0.2) is 49.8 Å². The molecule has 2 rings (SSSR count). The Morgan fingerprint density at radius 3 is 2.68 bits per heavy atom. The summed E-state index contributed by atoms with van der Waals surface area (Å²) in [7, 11) is 0. The summed E-state index contributed by atoms with van der Waals surface area (Å²) in [6.07, 6.45) is -2.66. The molecule has 0 saturated carbocycles. The van der Waals surface area contributed by atoms with Crippen molar-refractivity contribution in [3.8, 4) is 0 Å². The van der Waals surface area contributed by atoms with Crippen molar-refractivity contribution in [1.29, 1.82) is 0 Å². The zero-order chi connectivity index (χ0) is 14.4. The van der Waals surface area contributed by atoms with Gasteiger partial charge in [0.25, 0.3) is 5.56 Å². The maximum absolute atomic E-state index is 11.8. The van der Waals surface area contributed by atoms with Crippen molar-refractivity contribution in [2.45, 2.75) is 22.0 Å². The summed E-state index contributed by atoms with van der Waals surface area (Å²) in [5.74, 6) is 0. The second-order valence-electron chi connectivity index (χ2n) is 3.99. The normalized spacial score (nSPS) is 34.7. The molecule has 106 valence electrons. The topological polar surface area (TPSA) is 125 Å². The number of nitrogens with zero attached hydrogens (tertiary/aromatic N) is 1. The Morgan fingerprint density at radius 2 is 2.16 bits per heavy atom. The van der Waals surface area contributed by atoms with Gasteiger partial charge in [-0.25, -0.2) is 4.79 Å². The zero-order valence-electron chi connectivity index (χ0n) is 9.29. The van der Waals surface area contributed by atoms with Crippen LogP contribution < -0.4 is 11.2 Å². The van der Waals surface area contributed by atoms with Crippen LogP contribution in [0.25, 0.3) is 0 Å². The molecular weight excluding hydrogens is 439 g/mol. The molecule has 4 atom stereocenters. The maximum atomic E-state index is 11.8. The van der Waals surface area contributed by atoms with Gasteiger partial charge in [0.1, 0.15) is 18.3 Å². The van der Waals surface area contributed by atoms with Crippen LogP contribution in [0.15, 0.2) is 20.3 Å². The number of aliphatic hydroxyl groups is 3. The average Bonchev–Trinajstić information content (AvgIpc) is 2.59. The fourth-order valence-electron chi connectivity index (χ4n) is 1.78. The van der Waals surface area contributed by atoms with Crippen LogP contribution in [0.1, 0.15) is 0 Å². The van der Waals surface area contributed by atoms with Gasteiger partial charge in [-0.15, -0.1) is 0 Å². The summed E-state index contributed by atoms with van der Waals surface area (Å²) >= 11 is 4.60. The fourth-order valence-corrected chi connectivity index (χ4v) is 3.14. The zero-order valence-corrected chi connectivity index (χ0v) is 13.0. The van der Waals surface area contributed by atoms with Gasteiger partial charge in [-0.1, -0.05) is 0 Å². The van der Waals surface area contributed by atoms with Gasteiger partial charge in [0, 0.05) is 6.20 Å². The molecule has 1 aromatic rings. The van der Waals surface area contributed by atoms with Gasteiger partial charge in [-0.2, -0.15) is 0 Å². The second-order valence-corrected chi connectivity index (χ2v) is 6.39. The molecule has 8 nitrogen and oxygen atoms in total. The lowest BCUT2D eigenvalue weighted by Crippen LogP contribution is -2.47. The summed E-state index contributed by atoms with van der Waals surface area (Å²) in [6, 6.07) is 0. The number of ether oxygens (including phenoxy) is 1. The lowest BCUT2D eigenvalue weighted by Gasteiger charge is -2.27. The number of alkyl halides is 1. The molecule has 1 saturated heterocycles.